The zero-order valence-electron chi connectivity index (χ0n) is 12.0. The number of nitrogens with one attached hydrogen (secondary N) is 2. The average Bonchev–Trinajstić information content (AvgIpc) is 2.43. The van der Waals surface area contributed by atoms with Gasteiger partial charge in [-0.2, -0.15) is 13.2 Å². The number of hydrogen-bond donors (Lipinski definition) is 2. The Hall–Kier alpha value is -2.25. The maximum absolute atomic E-state index is 12.6. The lowest BCUT2D eigenvalue weighted by atomic mass is 9.99. The van der Waals surface area contributed by atoms with Crippen LogP contribution in [0.5, 0.6) is 0 Å². The van der Waals surface area contributed by atoms with E-state index < -0.39 is 29.8 Å². The highest BCUT2D eigenvalue weighted by Crippen LogP contribution is 2.30. The fourth-order valence-electron chi connectivity index (χ4n) is 1.75. The number of amides is 2. The highest BCUT2D eigenvalue weighted by molar-refractivity contribution is 5.92. The van der Waals surface area contributed by atoms with Crippen molar-refractivity contribution in [3.63, 3.8) is 0 Å². The summed E-state index contributed by atoms with van der Waals surface area (Å²) >= 11 is 0. The molecule has 0 aromatic heterocycles. The number of carboxylic acid groups (broad SMARTS) is 1. The lowest BCUT2D eigenvalue weighted by Gasteiger charge is -2.25. The summed E-state index contributed by atoms with van der Waals surface area (Å²) in [5.41, 5.74) is -1.00. The molecule has 2 amide bonds. The van der Waals surface area contributed by atoms with Crippen LogP contribution in [0.25, 0.3) is 0 Å². The average molecular weight is 317 g/mol. The Morgan fingerprint density at radius 2 is 1.95 bits per heavy atom. The van der Waals surface area contributed by atoms with Crippen molar-refractivity contribution < 1.29 is 27.9 Å². The van der Waals surface area contributed by atoms with Crippen LogP contribution in [0, 0.1) is 5.92 Å². The van der Waals surface area contributed by atoms with Crippen molar-refractivity contribution in [2.45, 2.75) is 32.5 Å². The predicted octanol–water partition coefficient (Wildman–Crippen LogP) is 1.99. The monoisotopic (exact) mass is 317 g/mol. The third-order valence-corrected chi connectivity index (χ3v) is 3.20. The van der Waals surface area contributed by atoms with E-state index in [1.165, 1.54) is 6.07 Å². The van der Waals surface area contributed by atoms with Gasteiger partial charge in [-0.1, -0.05) is 26.3 Å². The third-order valence-electron chi connectivity index (χ3n) is 3.20. The second-order valence-electron chi connectivity index (χ2n) is 4.86. The molecule has 0 saturated heterocycles. The van der Waals surface area contributed by atoms with Gasteiger partial charge in [0, 0.05) is 5.69 Å². The molecule has 0 saturated carbocycles. The van der Waals surface area contributed by atoms with Gasteiger partial charge in [-0.25, -0.2) is 4.79 Å². The van der Waals surface area contributed by atoms with Gasteiger partial charge >= 0.3 is 12.2 Å². The van der Waals surface area contributed by atoms with E-state index in [1.54, 1.807) is 13.8 Å². The lowest BCUT2D eigenvalue weighted by molar-refractivity contribution is -0.309. The number of anilines is 1. The molecule has 0 aliphatic rings. The van der Waals surface area contributed by atoms with Crippen LogP contribution in [-0.2, 0) is 11.0 Å². The second-order valence-corrected chi connectivity index (χ2v) is 4.86. The van der Waals surface area contributed by atoms with Crippen molar-refractivity contribution in [2.75, 3.05) is 5.32 Å². The Balaban J connectivity index is 2.78. The Kier molecular flexibility index (Phi) is 5.78. The van der Waals surface area contributed by atoms with Crippen molar-refractivity contribution in [1.82, 2.24) is 5.32 Å². The van der Waals surface area contributed by atoms with Crippen molar-refractivity contribution in [3.05, 3.63) is 29.8 Å². The molecule has 2 atom stereocenters. The molecule has 0 aliphatic heterocycles. The Bertz CT molecular complexity index is 546. The lowest BCUT2D eigenvalue weighted by Crippen LogP contribution is -2.52. The zero-order valence-corrected chi connectivity index (χ0v) is 12.0. The SMILES string of the molecule is CC[C@@H](C)[C@H](NC(=O)Nc1cccc(C(F)(F)F)c1)C(=O)[O-]. The first-order valence-corrected chi connectivity index (χ1v) is 6.60. The Morgan fingerprint density at radius 3 is 2.45 bits per heavy atom. The minimum atomic E-state index is -4.53. The van der Waals surface area contributed by atoms with E-state index in [4.69, 9.17) is 0 Å². The van der Waals surface area contributed by atoms with E-state index in [1.807, 2.05) is 0 Å². The van der Waals surface area contributed by atoms with E-state index in [0.717, 1.165) is 18.2 Å². The summed E-state index contributed by atoms with van der Waals surface area (Å²) in [5.74, 6) is -1.83. The van der Waals surface area contributed by atoms with Crippen molar-refractivity contribution in [2.24, 2.45) is 5.92 Å². The van der Waals surface area contributed by atoms with Crippen LogP contribution in [-0.4, -0.2) is 18.0 Å². The minimum Gasteiger partial charge on any atom is -0.548 e. The van der Waals surface area contributed by atoms with Gasteiger partial charge in [-0.15, -0.1) is 0 Å². The van der Waals surface area contributed by atoms with Gasteiger partial charge in [0.1, 0.15) is 0 Å². The molecular formula is C14H16F3N2O3-. The molecular weight excluding hydrogens is 301 g/mol. The summed E-state index contributed by atoms with van der Waals surface area (Å²) in [6.45, 7) is 3.36. The van der Waals surface area contributed by atoms with Crippen molar-refractivity contribution in [1.29, 1.82) is 0 Å². The molecule has 1 rings (SSSR count). The van der Waals surface area contributed by atoms with Crippen LogP contribution < -0.4 is 15.7 Å². The maximum atomic E-state index is 12.6. The molecule has 0 bridgehead atoms. The summed E-state index contributed by atoms with van der Waals surface area (Å²) in [6, 6.07) is 1.91. The summed E-state index contributed by atoms with van der Waals surface area (Å²) in [5, 5.41) is 15.3. The minimum absolute atomic E-state index is 0.0893. The number of rotatable bonds is 5. The highest BCUT2D eigenvalue weighted by atomic mass is 19.4. The number of carbonyl (C=O) groups excluding carboxylic acids is 2. The van der Waals surface area contributed by atoms with Crippen LogP contribution in [0.15, 0.2) is 24.3 Å². The van der Waals surface area contributed by atoms with Gasteiger partial charge in [0.05, 0.1) is 17.6 Å². The molecule has 1 aromatic carbocycles. The topological polar surface area (TPSA) is 81.3 Å². The van der Waals surface area contributed by atoms with Crippen molar-refractivity contribution >= 4 is 17.7 Å². The maximum Gasteiger partial charge on any atom is 0.416 e. The van der Waals surface area contributed by atoms with Gasteiger partial charge in [0.25, 0.3) is 0 Å². The summed E-state index contributed by atoms with van der Waals surface area (Å²) in [4.78, 5) is 22.7. The molecule has 0 heterocycles. The van der Waals surface area contributed by atoms with E-state index >= 15 is 0 Å². The van der Waals surface area contributed by atoms with Gasteiger partial charge < -0.3 is 20.5 Å². The standard InChI is InChI=1S/C14H17F3N2O3/c1-3-8(2)11(12(20)21)19-13(22)18-10-6-4-5-9(7-10)14(15,16)17/h4-8,11H,3H2,1-2H3,(H,20,21)(H2,18,19,22)/p-1/t8-,11+/m1/s1. The summed E-state index contributed by atoms with van der Waals surface area (Å²) < 4.78 is 37.7. The molecule has 0 spiro atoms. The normalized spacial score (nSPS) is 14.0. The fourth-order valence-corrected chi connectivity index (χ4v) is 1.75. The number of aliphatic carboxylic acids is 1. The van der Waals surface area contributed by atoms with E-state index in [-0.39, 0.29) is 11.6 Å². The van der Waals surface area contributed by atoms with Gasteiger partial charge in [0.2, 0.25) is 0 Å². The van der Waals surface area contributed by atoms with Gasteiger partial charge in [-0.05, 0) is 24.1 Å². The van der Waals surface area contributed by atoms with Crippen LogP contribution in [0.2, 0.25) is 0 Å². The van der Waals surface area contributed by atoms with Crippen molar-refractivity contribution in [3.8, 4) is 0 Å². The molecule has 1 aromatic rings. The number of alkyl halides is 3. The van der Waals surface area contributed by atoms with Crippen LogP contribution in [0.3, 0.4) is 0 Å². The first-order chi connectivity index (χ1) is 10.1. The number of urea groups is 1. The van der Waals surface area contributed by atoms with Crippen LogP contribution in [0.4, 0.5) is 23.7 Å². The van der Waals surface area contributed by atoms with Gasteiger partial charge in [0.15, 0.2) is 0 Å². The van der Waals surface area contributed by atoms with E-state index in [2.05, 4.69) is 10.6 Å². The molecule has 0 aliphatic carbocycles. The molecule has 0 fully saturated rings. The highest BCUT2D eigenvalue weighted by Gasteiger charge is 2.30. The number of carbonyl (C=O) groups is 2. The number of carboxylic acids is 1. The molecule has 122 valence electrons. The molecule has 8 heteroatoms. The largest absolute Gasteiger partial charge is 0.548 e. The Labute approximate surface area is 125 Å². The van der Waals surface area contributed by atoms with E-state index in [9.17, 15) is 27.9 Å². The van der Waals surface area contributed by atoms with Crippen LogP contribution in [0.1, 0.15) is 25.8 Å². The Morgan fingerprint density at radius 1 is 1.32 bits per heavy atom. The first-order valence-electron chi connectivity index (χ1n) is 6.60. The quantitative estimate of drug-likeness (QED) is 0.871. The molecule has 0 radical (unpaired) electrons. The molecule has 2 N–H and O–H groups in total. The van der Waals surface area contributed by atoms with Gasteiger partial charge in [-0.3, -0.25) is 0 Å². The number of hydrogen-bond acceptors (Lipinski definition) is 3. The second kappa shape index (κ2) is 7.15. The van der Waals surface area contributed by atoms with E-state index in [0.29, 0.717) is 6.42 Å². The molecule has 22 heavy (non-hydrogen) atoms. The summed E-state index contributed by atoms with van der Waals surface area (Å²) in [6.07, 6.45) is -4.04. The molecule has 0 unspecified atom stereocenters. The molecule has 5 nitrogen and oxygen atoms in total. The number of benzene rings is 1. The fraction of sp³-hybridized carbons (Fsp3) is 0.429. The first kappa shape index (κ1) is 17.8. The smallest absolute Gasteiger partial charge is 0.416 e. The summed E-state index contributed by atoms with van der Waals surface area (Å²) in [7, 11) is 0. The zero-order chi connectivity index (χ0) is 16.9. The number of halogens is 3. The predicted molar refractivity (Wildman–Crippen MR) is 71.8 cm³/mol. The van der Waals surface area contributed by atoms with Crippen LogP contribution >= 0.6 is 0 Å². The third kappa shape index (κ3) is 4.94.